The third kappa shape index (κ3) is 2.52. The minimum absolute atomic E-state index is 0.580. The first-order chi connectivity index (χ1) is 7.33. The number of morpholine rings is 1. The first kappa shape index (κ1) is 11.4. The number of hydrogen-bond donors (Lipinski definition) is 1. The van der Waals surface area contributed by atoms with E-state index >= 15 is 0 Å². The molecule has 2 fully saturated rings. The van der Waals surface area contributed by atoms with Gasteiger partial charge in [0, 0.05) is 18.6 Å². The molecule has 0 aromatic rings. The molecule has 1 saturated heterocycles. The van der Waals surface area contributed by atoms with Crippen LogP contribution in [0.2, 0.25) is 0 Å². The van der Waals surface area contributed by atoms with Crippen molar-refractivity contribution in [3.8, 4) is 0 Å². The van der Waals surface area contributed by atoms with Gasteiger partial charge in [-0.15, -0.1) is 0 Å². The molecule has 2 N–H and O–H groups in total. The molecule has 0 amide bonds. The highest BCUT2D eigenvalue weighted by Crippen LogP contribution is 2.29. The van der Waals surface area contributed by atoms with E-state index in [4.69, 9.17) is 10.5 Å². The third-order valence-electron chi connectivity index (χ3n) is 4.02. The normalized spacial score (nSPS) is 39.2. The standard InChI is InChI=1S/C12H24N2O/c1-10-9-15-7-6-14(10)12-5-3-2-4-11(12)8-13/h10-12H,2-9,13H2,1H3. The Bertz CT molecular complexity index is 198. The van der Waals surface area contributed by atoms with Crippen LogP contribution < -0.4 is 5.73 Å². The molecule has 1 aliphatic heterocycles. The summed E-state index contributed by atoms with van der Waals surface area (Å²) in [6.07, 6.45) is 5.42. The molecular weight excluding hydrogens is 188 g/mol. The van der Waals surface area contributed by atoms with Gasteiger partial charge in [-0.05, 0) is 32.2 Å². The molecule has 0 aromatic carbocycles. The predicted octanol–water partition coefficient (Wildman–Crippen LogP) is 1.22. The fourth-order valence-electron chi connectivity index (χ4n) is 3.13. The van der Waals surface area contributed by atoms with E-state index in [1.807, 2.05) is 0 Å². The van der Waals surface area contributed by atoms with E-state index in [9.17, 15) is 0 Å². The van der Waals surface area contributed by atoms with E-state index in [0.29, 0.717) is 6.04 Å². The van der Waals surface area contributed by atoms with Gasteiger partial charge in [-0.3, -0.25) is 4.90 Å². The van der Waals surface area contributed by atoms with Crippen molar-refractivity contribution in [1.29, 1.82) is 0 Å². The van der Waals surface area contributed by atoms with Gasteiger partial charge in [-0.2, -0.15) is 0 Å². The van der Waals surface area contributed by atoms with Crippen molar-refractivity contribution in [3.63, 3.8) is 0 Å². The fraction of sp³-hybridized carbons (Fsp3) is 1.00. The molecule has 0 bridgehead atoms. The maximum Gasteiger partial charge on any atom is 0.0619 e. The Morgan fingerprint density at radius 1 is 1.33 bits per heavy atom. The maximum atomic E-state index is 5.89. The number of hydrogen-bond acceptors (Lipinski definition) is 3. The number of nitrogens with two attached hydrogens (primary N) is 1. The summed E-state index contributed by atoms with van der Waals surface area (Å²) in [5, 5.41) is 0. The molecule has 2 rings (SSSR count). The first-order valence-corrected chi connectivity index (χ1v) is 6.36. The van der Waals surface area contributed by atoms with Crippen molar-refractivity contribution in [2.24, 2.45) is 11.7 Å². The van der Waals surface area contributed by atoms with Crippen molar-refractivity contribution in [1.82, 2.24) is 4.90 Å². The van der Waals surface area contributed by atoms with Crippen LogP contribution in [-0.4, -0.2) is 43.3 Å². The fourth-order valence-corrected chi connectivity index (χ4v) is 3.13. The van der Waals surface area contributed by atoms with Gasteiger partial charge < -0.3 is 10.5 Å². The summed E-state index contributed by atoms with van der Waals surface area (Å²) in [7, 11) is 0. The van der Waals surface area contributed by atoms with Crippen LogP contribution in [-0.2, 0) is 4.74 Å². The lowest BCUT2D eigenvalue weighted by molar-refractivity contribution is -0.0420. The minimum Gasteiger partial charge on any atom is -0.379 e. The summed E-state index contributed by atoms with van der Waals surface area (Å²) < 4.78 is 5.50. The maximum absolute atomic E-state index is 5.89. The van der Waals surface area contributed by atoms with Crippen LogP contribution in [0.15, 0.2) is 0 Å². The lowest BCUT2D eigenvalue weighted by atomic mass is 9.83. The molecule has 15 heavy (non-hydrogen) atoms. The minimum atomic E-state index is 0.580. The topological polar surface area (TPSA) is 38.5 Å². The lowest BCUT2D eigenvalue weighted by Crippen LogP contribution is -2.53. The van der Waals surface area contributed by atoms with Crippen molar-refractivity contribution >= 4 is 0 Å². The molecule has 0 radical (unpaired) electrons. The Labute approximate surface area is 93.0 Å². The lowest BCUT2D eigenvalue weighted by Gasteiger charge is -2.44. The Hall–Kier alpha value is -0.120. The average molecular weight is 212 g/mol. The molecule has 3 atom stereocenters. The van der Waals surface area contributed by atoms with Gasteiger partial charge in [0.2, 0.25) is 0 Å². The molecule has 0 aromatic heterocycles. The van der Waals surface area contributed by atoms with E-state index in [2.05, 4.69) is 11.8 Å². The highest BCUT2D eigenvalue weighted by atomic mass is 16.5. The van der Waals surface area contributed by atoms with Crippen molar-refractivity contribution in [2.75, 3.05) is 26.3 Å². The van der Waals surface area contributed by atoms with Crippen LogP contribution in [0.25, 0.3) is 0 Å². The van der Waals surface area contributed by atoms with Gasteiger partial charge in [-0.25, -0.2) is 0 Å². The SMILES string of the molecule is CC1COCCN1C1CCCCC1CN. The van der Waals surface area contributed by atoms with E-state index < -0.39 is 0 Å². The van der Waals surface area contributed by atoms with Gasteiger partial charge >= 0.3 is 0 Å². The Morgan fingerprint density at radius 3 is 2.87 bits per heavy atom. The summed E-state index contributed by atoms with van der Waals surface area (Å²) in [6.45, 7) is 6.03. The summed E-state index contributed by atoms with van der Waals surface area (Å²) in [5.74, 6) is 0.722. The molecule has 88 valence electrons. The highest BCUT2D eigenvalue weighted by molar-refractivity contribution is 4.87. The van der Waals surface area contributed by atoms with Gasteiger partial charge in [0.25, 0.3) is 0 Å². The van der Waals surface area contributed by atoms with Crippen LogP contribution in [0, 0.1) is 5.92 Å². The second-order valence-electron chi connectivity index (χ2n) is 5.01. The Morgan fingerprint density at radius 2 is 2.13 bits per heavy atom. The smallest absolute Gasteiger partial charge is 0.0619 e. The molecule has 3 unspecified atom stereocenters. The van der Waals surface area contributed by atoms with E-state index in [-0.39, 0.29) is 0 Å². The van der Waals surface area contributed by atoms with Crippen molar-refractivity contribution in [2.45, 2.75) is 44.7 Å². The number of nitrogens with zero attached hydrogens (tertiary/aromatic N) is 1. The number of ether oxygens (including phenoxy) is 1. The molecule has 1 saturated carbocycles. The second-order valence-corrected chi connectivity index (χ2v) is 5.01. The van der Waals surface area contributed by atoms with E-state index in [1.165, 1.54) is 25.7 Å². The quantitative estimate of drug-likeness (QED) is 0.748. The predicted molar refractivity (Wildman–Crippen MR) is 61.8 cm³/mol. The number of rotatable bonds is 2. The van der Waals surface area contributed by atoms with Gasteiger partial charge in [0.05, 0.1) is 13.2 Å². The molecule has 1 aliphatic carbocycles. The second kappa shape index (κ2) is 5.28. The van der Waals surface area contributed by atoms with E-state index in [0.717, 1.165) is 38.3 Å². The summed E-state index contributed by atoms with van der Waals surface area (Å²) in [4.78, 5) is 2.64. The zero-order valence-corrected chi connectivity index (χ0v) is 9.82. The summed E-state index contributed by atoms with van der Waals surface area (Å²) in [5.41, 5.74) is 5.89. The van der Waals surface area contributed by atoms with Gasteiger partial charge in [0.1, 0.15) is 0 Å². The molecule has 1 heterocycles. The van der Waals surface area contributed by atoms with Crippen LogP contribution in [0.4, 0.5) is 0 Å². The largest absolute Gasteiger partial charge is 0.379 e. The van der Waals surface area contributed by atoms with Crippen molar-refractivity contribution in [3.05, 3.63) is 0 Å². The van der Waals surface area contributed by atoms with Crippen LogP contribution >= 0.6 is 0 Å². The molecule has 2 aliphatic rings. The average Bonchev–Trinajstić information content (AvgIpc) is 2.30. The summed E-state index contributed by atoms with van der Waals surface area (Å²) in [6, 6.07) is 1.30. The Kier molecular flexibility index (Phi) is 4.00. The Balaban J connectivity index is 1.99. The van der Waals surface area contributed by atoms with Crippen molar-refractivity contribution < 1.29 is 4.74 Å². The third-order valence-corrected chi connectivity index (χ3v) is 4.02. The highest BCUT2D eigenvalue weighted by Gasteiger charge is 2.33. The molecular formula is C12H24N2O. The van der Waals surface area contributed by atoms with Crippen LogP contribution in [0.3, 0.4) is 0 Å². The zero-order chi connectivity index (χ0) is 10.7. The van der Waals surface area contributed by atoms with Crippen LogP contribution in [0.5, 0.6) is 0 Å². The molecule has 3 nitrogen and oxygen atoms in total. The first-order valence-electron chi connectivity index (χ1n) is 6.36. The van der Waals surface area contributed by atoms with Gasteiger partial charge in [-0.1, -0.05) is 12.8 Å². The zero-order valence-electron chi connectivity index (χ0n) is 9.82. The van der Waals surface area contributed by atoms with E-state index in [1.54, 1.807) is 0 Å². The summed E-state index contributed by atoms with van der Waals surface area (Å²) >= 11 is 0. The van der Waals surface area contributed by atoms with Crippen LogP contribution in [0.1, 0.15) is 32.6 Å². The van der Waals surface area contributed by atoms with Gasteiger partial charge in [0.15, 0.2) is 0 Å². The molecule has 0 spiro atoms. The molecule has 3 heteroatoms. The monoisotopic (exact) mass is 212 g/mol.